The van der Waals surface area contributed by atoms with Gasteiger partial charge in [0.2, 0.25) is 5.91 Å². The van der Waals surface area contributed by atoms with Gasteiger partial charge in [0.25, 0.3) is 0 Å². The monoisotopic (exact) mass is 494 g/mol. The minimum Gasteiger partial charge on any atom is -0.444 e. The van der Waals surface area contributed by atoms with Crippen LogP contribution in [0.25, 0.3) is 0 Å². The molecule has 2 aromatic carbocycles. The maximum Gasteiger partial charge on any atom is 0.413 e. The molecular weight excluding hydrogens is 475 g/mol. The van der Waals surface area contributed by atoms with Crippen molar-refractivity contribution in [2.75, 3.05) is 12.0 Å². The van der Waals surface area contributed by atoms with Gasteiger partial charge in [-0.05, 0) is 58.8 Å². The number of ether oxygens (including phenoxy) is 2. The number of esters is 1. The van der Waals surface area contributed by atoms with Crippen LogP contribution in [0.3, 0.4) is 0 Å². The van der Waals surface area contributed by atoms with Crippen LogP contribution < -0.4 is 5.32 Å². The first kappa shape index (κ1) is 20.1. The third-order valence-electron chi connectivity index (χ3n) is 4.28. The topological polar surface area (TPSA) is 84.9 Å². The Morgan fingerprint density at radius 1 is 1.25 bits per heavy atom. The number of carbonyl (C=O) groups is 3. The number of nitrogens with zero attached hydrogens (tertiary/aromatic N) is 1. The fraction of sp³-hybridized carbons (Fsp3) is 0.250. The second-order valence-electron chi connectivity index (χ2n) is 6.33. The number of anilines is 1. The minimum atomic E-state index is -1.01. The van der Waals surface area contributed by atoms with Gasteiger partial charge in [-0.2, -0.15) is 0 Å². The number of hydrogen-bond acceptors (Lipinski definition) is 5. The van der Waals surface area contributed by atoms with Gasteiger partial charge in [-0.3, -0.25) is 9.69 Å². The van der Waals surface area contributed by atoms with Crippen molar-refractivity contribution >= 4 is 46.2 Å². The molecular formula is C20H19IN2O5. The summed E-state index contributed by atoms with van der Waals surface area (Å²) in [6.07, 6.45) is -0.900. The van der Waals surface area contributed by atoms with Crippen molar-refractivity contribution < 1.29 is 23.9 Å². The van der Waals surface area contributed by atoms with Crippen LogP contribution in [0.2, 0.25) is 0 Å². The predicted octanol–water partition coefficient (Wildman–Crippen LogP) is 3.45. The summed E-state index contributed by atoms with van der Waals surface area (Å²) in [6.45, 7) is 1.73. The fourth-order valence-electron chi connectivity index (χ4n) is 2.77. The van der Waals surface area contributed by atoms with Crippen molar-refractivity contribution in [3.05, 3.63) is 63.2 Å². The van der Waals surface area contributed by atoms with Crippen molar-refractivity contribution in [1.82, 2.24) is 4.90 Å². The molecule has 0 radical (unpaired) electrons. The molecule has 2 amide bonds. The molecule has 1 saturated heterocycles. The number of hydrogen-bond donors (Lipinski definition) is 1. The number of carbonyl (C=O) groups excluding carboxylic acids is 3. The first-order valence-corrected chi connectivity index (χ1v) is 9.72. The maximum atomic E-state index is 12.4. The quantitative estimate of drug-likeness (QED) is 0.509. The molecule has 28 heavy (non-hydrogen) atoms. The van der Waals surface area contributed by atoms with E-state index >= 15 is 0 Å². The lowest BCUT2D eigenvalue weighted by Crippen LogP contribution is -2.40. The number of nitrogens with one attached hydrogen (secondary N) is 1. The summed E-state index contributed by atoms with van der Waals surface area (Å²) < 4.78 is 11.2. The van der Waals surface area contributed by atoms with Crippen LogP contribution in [0.4, 0.5) is 10.5 Å². The zero-order valence-corrected chi connectivity index (χ0v) is 17.3. The van der Waals surface area contributed by atoms with Crippen molar-refractivity contribution in [2.45, 2.75) is 26.0 Å². The molecule has 0 bridgehead atoms. The number of cyclic esters (lactones) is 1. The van der Waals surface area contributed by atoms with E-state index in [9.17, 15) is 14.4 Å². The molecule has 3 rings (SSSR count). The summed E-state index contributed by atoms with van der Waals surface area (Å²) in [4.78, 5) is 37.9. The molecule has 1 atom stereocenters. The van der Waals surface area contributed by atoms with Gasteiger partial charge in [0.15, 0.2) is 6.73 Å². The van der Waals surface area contributed by atoms with Crippen molar-refractivity contribution in [3.63, 3.8) is 0 Å². The average Bonchev–Trinajstić information content (AvgIpc) is 3.03. The Balaban J connectivity index is 1.60. The van der Waals surface area contributed by atoms with Crippen molar-refractivity contribution in [1.29, 1.82) is 0 Å². The van der Waals surface area contributed by atoms with Gasteiger partial charge in [-0.25, -0.2) is 9.59 Å². The number of halogens is 1. The number of benzene rings is 2. The van der Waals surface area contributed by atoms with Gasteiger partial charge in [-0.1, -0.05) is 30.3 Å². The molecule has 1 heterocycles. The zero-order chi connectivity index (χ0) is 20.1. The second kappa shape index (κ2) is 9.05. The third kappa shape index (κ3) is 5.00. The van der Waals surface area contributed by atoms with E-state index < -0.39 is 18.1 Å². The van der Waals surface area contributed by atoms with E-state index in [0.717, 1.165) is 19.6 Å². The van der Waals surface area contributed by atoms with Gasteiger partial charge in [0, 0.05) is 9.26 Å². The van der Waals surface area contributed by atoms with E-state index in [2.05, 4.69) is 27.9 Å². The van der Waals surface area contributed by atoms with Crippen molar-refractivity contribution in [3.8, 4) is 0 Å². The molecule has 1 aliphatic heterocycles. The lowest BCUT2D eigenvalue weighted by Gasteiger charge is -2.19. The van der Waals surface area contributed by atoms with Crippen LogP contribution in [-0.2, 0) is 25.7 Å². The molecule has 8 heteroatoms. The van der Waals surface area contributed by atoms with Gasteiger partial charge < -0.3 is 14.8 Å². The molecule has 0 spiro atoms. The van der Waals surface area contributed by atoms with Gasteiger partial charge in [-0.15, -0.1) is 0 Å². The highest BCUT2D eigenvalue weighted by atomic mass is 127. The van der Waals surface area contributed by atoms with Crippen LogP contribution in [0.1, 0.15) is 17.5 Å². The molecule has 0 aromatic heterocycles. The summed E-state index contributed by atoms with van der Waals surface area (Å²) in [5, 5.41) is 2.77. The molecule has 0 saturated carbocycles. The molecule has 1 N–H and O–H groups in total. The summed E-state index contributed by atoms with van der Waals surface area (Å²) in [7, 11) is 0. The van der Waals surface area contributed by atoms with E-state index in [0.29, 0.717) is 5.69 Å². The lowest BCUT2D eigenvalue weighted by molar-refractivity contribution is -0.140. The fourth-order valence-corrected chi connectivity index (χ4v) is 3.41. The Kier molecular flexibility index (Phi) is 6.50. The highest BCUT2D eigenvalue weighted by Crippen LogP contribution is 2.20. The molecule has 0 unspecified atom stereocenters. The first-order valence-electron chi connectivity index (χ1n) is 8.64. The SMILES string of the molecule is Cc1cc(I)ccc1NC(=O)C[C@H]1C(=O)OCN1C(=O)OCc1ccccc1. The van der Waals surface area contributed by atoms with Crippen LogP contribution in [0, 0.1) is 10.5 Å². The van der Waals surface area contributed by atoms with E-state index in [1.165, 1.54) is 0 Å². The highest BCUT2D eigenvalue weighted by Gasteiger charge is 2.40. The van der Waals surface area contributed by atoms with Gasteiger partial charge in [0.05, 0.1) is 6.42 Å². The summed E-state index contributed by atoms with van der Waals surface area (Å²) >= 11 is 2.19. The number of amides is 2. The smallest absolute Gasteiger partial charge is 0.413 e. The van der Waals surface area contributed by atoms with Crippen LogP contribution in [-0.4, -0.2) is 35.6 Å². The summed E-state index contributed by atoms with van der Waals surface area (Å²) in [6, 6.07) is 13.8. The molecule has 0 aliphatic carbocycles. The van der Waals surface area contributed by atoms with E-state index in [-0.39, 0.29) is 25.7 Å². The molecule has 1 aliphatic rings. The third-order valence-corrected chi connectivity index (χ3v) is 4.95. The molecule has 146 valence electrons. The van der Waals surface area contributed by atoms with Crippen molar-refractivity contribution in [2.24, 2.45) is 0 Å². The Hall–Kier alpha value is -2.62. The number of rotatable bonds is 5. The Morgan fingerprint density at radius 2 is 2.00 bits per heavy atom. The molecule has 2 aromatic rings. The van der Waals surface area contributed by atoms with Crippen LogP contribution in [0.5, 0.6) is 0 Å². The Bertz CT molecular complexity index is 887. The van der Waals surface area contributed by atoms with Crippen LogP contribution >= 0.6 is 22.6 Å². The Morgan fingerprint density at radius 3 is 2.71 bits per heavy atom. The Labute approximate surface area is 176 Å². The van der Waals surface area contributed by atoms with E-state index in [1.807, 2.05) is 49.4 Å². The average molecular weight is 494 g/mol. The largest absolute Gasteiger partial charge is 0.444 e. The minimum absolute atomic E-state index is 0.0745. The summed E-state index contributed by atoms with van der Waals surface area (Å²) in [5.74, 6) is -1.000. The molecule has 7 nitrogen and oxygen atoms in total. The second-order valence-corrected chi connectivity index (χ2v) is 7.58. The van der Waals surface area contributed by atoms with Gasteiger partial charge in [0.1, 0.15) is 12.6 Å². The van der Waals surface area contributed by atoms with E-state index in [4.69, 9.17) is 9.47 Å². The lowest BCUT2D eigenvalue weighted by atomic mass is 10.1. The van der Waals surface area contributed by atoms with E-state index in [1.54, 1.807) is 6.07 Å². The molecule has 1 fully saturated rings. The summed E-state index contributed by atoms with van der Waals surface area (Å²) in [5.41, 5.74) is 2.40. The maximum absolute atomic E-state index is 12.4. The highest BCUT2D eigenvalue weighted by molar-refractivity contribution is 14.1. The zero-order valence-electron chi connectivity index (χ0n) is 15.2. The van der Waals surface area contributed by atoms with Gasteiger partial charge >= 0.3 is 12.1 Å². The number of aryl methyl sites for hydroxylation is 1. The first-order chi connectivity index (χ1) is 13.4. The normalized spacial score (nSPS) is 15.9. The van der Waals surface area contributed by atoms with Crippen LogP contribution in [0.15, 0.2) is 48.5 Å². The standard InChI is InChI=1S/C20H19IN2O5/c1-13-9-15(21)7-8-16(13)22-18(24)10-17-19(25)28-12-23(17)20(26)27-11-14-5-3-2-4-6-14/h2-9,17H,10-12H2,1H3,(H,22,24)/t17-/m0/s1. The predicted molar refractivity (Wildman–Crippen MR) is 110 cm³/mol.